The van der Waals surface area contributed by atoms with Gasteiger partial charge in [0.15, 0.2) is 0 Å². The average molecular weight is 501 g/mol. The first-order valence-corrected chi connectivity index (χ1v) is 12.3. The van der Waals surface area contributed by atoms with E-state index in [0.717, 1.165) is 41.4 Å². The Bertz CT molecular complexity index is 1190. The third-order valence-electron chi connectivity index (χ3n) is 6.21. The first kappa shape index (κ1) is 24.5. The number of benzene rings is 2. The second kappa shape index (κ2) is 9.18. The van der Waals surface area contributed by atoms with Crippen molar-refractivity contribution in [1.82, 2.24) is 4.31 Å². The molecule has 1 aliphatic heterocycles. The van der Waals surface area contributed by atoms with E-state index in [4.69, 9.17) is 9.84 Å². The third kappa shape index (κ3) is 4.90. The molecular weight excluding hydrogens is 478 g/mol. The Kier molecular flexibility index (Phi) is 6.61. The Morgan fingerprint density at radius 2 is 1.71 bits per heavy atom. The third-order valence-corrected chi connectivity index (χ3v) is 8.17. The van der Waals surface area contributed by atoms with Gasteiger partial charge in [-0.05, 0) is 61.8 Å². The van der Waals surface area contributed by atoms with Gasteiger partial charge >= 0.3 is 12.1 Å². The molecule has 2 aliphatic rings. The SMILES string of the molecule is O=C(O)c1ccc(OCC2CCN(S(=O)(=O)c3ccccc3C(F)(F)F)CC2)c(C2CC2)c1F. The van der Waals surface area contributed by atoms with Crippen LogP contribution in [0.1, 0.15) is 53.1 Å². The molecule has 0 radical (unpaired) electrons. The van der Waals surface area contributed by atoms with Gasteiger partial charge in [0.05, 0.1) is 22.6 Å². The maximum Gasteiger partial charge on any atom is 0.417 e. The zero-order valence-corrected chi connectivity index (χ0v) is 18.8. The largest absolute Gasteiger partial charge is 0.493 e. The number of piperidine rings is 1. The number of carboxylic acids is 1. The molecule has 1 aliphatic carbocycles. The second-order valence-electron chi connectivity index (χ2n) is 8.57. The monoisotopic (exact) mass is 501 g/mol. The Hall–Kier alpha value is -2.66. The van der Waals surface area contributed by atoms with Crippen molar-refractivity contribution in [2.24, 2.45) is 5.92 Å². The minimum absolute atomic E-state index is 0.0321. The molecule has 1 heterocycles. The molecule has 0 spiro atoms. The first-order chi connectivity index (χ1) is 16.0. The Morgan fingerprint density at radius 3 is 2.29 bits per heavy atom. The van der Waals surface area contributed by atoms with Gasteiger partial charge in [-0.15, -0.1) is 0 Å². The summed E-state index contributed by atoms with van der Waals surface area (Å²) in [6, 6.07) is 6.71. The van der Waals surface area contributed by atoms with Crippen molar-refractivity contribution in [2.45, 2.75) is 42.7 Å². The predicted molar refractivity (Wildman–Crippen MR) is 114 cm³/mol. The van der Waals surface area contributed by atoms with Crippen molar-refractivity contribution in [2.75, 3.05) is 19.7 Å². The summed E-state index contributed by atoms with van der Waals surface area (Å²) in [5, 5.41) is 9.15. The zero-order chi connectivity index (χ0) is 24.7. The normalized spacial score (nSPS) is 18.1. The van der Waals surface area contributed by atoms with Gasteiger partial charge < -0.3 is 9.84 Å². The Balaban J connectivity index is 1.42. The van der Waals surface area contributed by atoms with Gasteiger partial charge in [0.25, 0.3) is 0 Å². The van der Waals surface area contributed by atoms with Gasteiger partial charge in [-0.1, -0.05) is 12.1 Å². The molecule has 0 amide bonds. The van der Waals surface area contributed by atoms with Gasteiger partial charge in [-0.3, -0.25) is 0 Å². The quantitative estimate of drug-likeness (QED) is 0.546. The van der Waals surface area contributed by atoms with E-state index in [2.05, 4.69) is 0 Å². The molecule has 1 saturated carbocycles. The van der Waals surface area contributed by atoms with Crippen LogP contribution in [0.25, 0.3) is 0 Å². The van der Waals surface area contributed by atoms with E-state index in [0.29, 0.717) is 12.8 Å². The van der Waals surface area contributed by atoms with Crippen molar-refractivity contribution in [3.05, 3.63) is 58.9 Å². The van der Waals surface area contributed by atoms with E-state index in [1.54, 1.807) is 0 Å². The van der Waals surface area contributed by atoms with Gasteiger partial charge in [-0.2, -0.15) is 17.5 Å². The van der Waals surface area contributed by atoms with Crippen molar-refractivity contribution in [3.63, 3.8) is 0 Å². The molecule has 184 valence electrons. The number of ether oxygens (including phenoxy) is 1. The molecule has 11 heteroatoms. The number of rotatable bonds is 7. The molecule has 0 bridgehead atoms. The number of sulfonamides is 1. The fraction of sp³-hybridized carbons (Fsp3) is 0.435. The van der Waals surface area contributed by atoms with Gasteiger partial charge in [0.2, 0.25) is 10.0 Å². The van der Waals surface area contributed by atoms with E-state index in [9.17, 15) is 30.8 Å². The van der Waals surface area contributed by atoms with Gasteiger partial charge in [0, 0.05) is 18.7 Å². The van der Waals surface area contributed by atoms with Crippen LogP contribution >= 0.6 is 0 Å². The smallest absolute Gasteiger partial charge is 0.417 e. The summed E-state index contributed by atoms with van der Waals surface area (Å²) >= 11 is 0. The number of carboxylic acid groups (broad SMARTS) is 1. The van der Waals surface area contributed by atoms with Crippen LogP contribution in [0.3, 0.4) is 0 Å². The lowest BCUT2D eigenvalue weighted by atomic mass is 9.99. The van der Waals surface area contributed by atoms with E-state index in [-0.39, 0.29) is 42.8 Å². The van der Waals surface area contributed by atoms with Crippen LogP contribution in [-0.2, 0) is 16.2 Å². The van der Waals surface area contributed by atoms with Crippen molar-refractivity contribution in [1.29, 1.82) is 0 Å². The van der Waals surface area contributed by atoms with E-state index in [1.165, 1.54) is 12.1 Å². The molecule has 0 aromatic heterocycles. The van der Waals surface area contributed by atoms with E-state index >= 15 is 0 Å². The van der Waals surface area contributed by atoms with Crippen molar-refractivity contribution >= 4 is 16.0 Å². The average Bonchev–Trinajstić information content (AvgIpc) is 3.62. The van der Waals surface area contributed by atoms with Crippen LogP contribution in [0, 0.1) is 11.7 Å². The standard InChI is InChI=1S/C23H23F4NO5S/c24-21-16(22(29)30)7-8-18(20(21)15-5-6-15)33-13-14-9-11-28(12-10-14)34(31,32)19-4-2-1-3-17(19)23(25,26)27/h1-4,7-8,14-15H,5-6,9-13H2,(H,29,30). The fourth-order valence-corrected chi connectivity index (χ4v) is 5.89. The Labute approximate surface area is 194 Å². The number of halogens is 4. The number of alkyl halides is 3. The van der Waals surface area contributed by atoms with E-state index in [1.807, 2.05) is 0 Å². The van der Waals surface area contributed by atoms with E-state index < -0.39 is 44.0 Å². The van der Waals surface area contributed by atoms with Gasteiger partial charge in [-0.25, -0.2) is 17.6 Å². The van der Waals surface area contributed by atoms with Crippen LogP contribution in [0.5, 0.6) is 5.75 Å². The van der Waals surface area contributed by atoms with Crippen molar-refractivity contribution in [3.8, 4) is 5.75 Å². The zero-order valence-electron chi connectivity index (χ0n) is 18.0. The number of hydrogen-bond donors (Lipinski definition) is 1. The highest BCUT2D eigenvalue weighted by molar-refractivity contribution is 7.89. The lowest BCUT2D eigenvalue weighted by molar-refractivity contribution is -0.139. The maximum atomic E-state index is 14.7. The summed E-state index contributed by atoms with van der Waals surface area (Å²) in [5.74, 6) is -2.05. The summed E-state index contributed by atoms with van der Waals surface area (Å²) in [6.07, 6.45) is -2.58. The van der Waals surface area contributed by atoms with Crippen LogP contribution < -0.4 is 4.74 Å². The lowest BCUT2D eigenvalue weighted by Gasteiger charge is -2.31. The van der Waals surface area contributed by atoms with Gasteiger partial charge in [0.1, 0.15) is 11.6 Å². The number of carbonyl (C=O) groups is 1. The van der Waals surface area contributed by atoms with Crippen LogP contribution in [0.15, 0.2) is 41.3 Å². The summed E-state index contributed by atoms with van der Waals surface area (Å²) in [6.45, 7) is 0.229. The predicted octanol–water partition coefficient (Wildman–Crippen LogP) is 4.90. The highest BCUT2D eigenvalue weighted by Gasteiger charge is 2.40. The first-order valence-electron chi connectivity index (χ1n) is 10.8. The molecule has 1 saturated heterocycles. The summed E-state index contributed by atoms with van der Waals surface area (Å²) in [7, 11) is -4.33. The Morgan fingerprint density at radius 1 is 1.06 bits per heavy atom. The molecule has 1 N–H and O–H groups in total. The van der Waals surface area contributed by atoms with Crippen LogP contribution in [-0.4, -0.2) is 43.5 Å². The maximum absolute atomic E-state index is 14.7. The topological polar surface area (TPSA) is 83.9 Å². The minimum atomic E-state index is -4.79. The summed E-state index contributed by atoms with van der Waals surface area (Å²) in [4.78, 5) is 10.5. The molecule has 2 fully saturated rings. The summed E-state index contributed by atoms with van der Waals surface area (Å²) in [5.41, 5.74) is -1.35. The highest BCUT2D eigenvalue weighted by Crippen LogP contribution is 2.46. The molecule has 0 unspecified atom stereocenters. The molecular formula is C23H23F4NO5S. The molecule has 2 aromatic carbocycles. The molecule has 6 nitrogen and oxygen atoms in total. The molecule has 4 rings (SSSR count). The number of hydrogen-bond acceptors (Lipinski definition) is 4. The minimum Gasteiger partial charge on any atom is -0.493 e. The number of aromatic carboxylic acids is 1. The second-order valence-corrected chi connectivity index (χ2v) is 10.5. The van der Waals surface area contributed by atoms with Crippen molar-refractivity contribution < 1.29 is 40.6 Å². The fourth-order valence-electron chi connectivity index (χ4n) is 4.21. The molecule has 34 heavy (non-hydrogen) atoms. The molecule has 0 atom stereocenters. The molecule has 2 aromatic rings. The highest BCUT2D eigenvalue weighted by atomic mass is 32.2. The van der Waals surface area contributed by atoms with Crippen LogP contribution in [0.4, 0.5) is 17.6 Å². The lowest BCUT2D eigenvalue weighted by Crippen LogP contribution is -2.40. The van der Waals surface area contributed by atoms with Crippen LogP contribution in [0.2, 0.25) is 0 Å². The number of nitrogens with zero attached hydrogens (tertiary/aromatic N) is 1. The summed E-state index contributed by atoms with van der Waals surface area (Å²) < 4.78 is 87.2.